The van der Waals surface area contributed by atoms with Gasteiger partial charge in [-0.3, -0.25) is 5.10 Å². The molecule has 0 bridgehead atoms. The Labute approximate surface area is 160 Å². The van der Waals surface area contributed by atoms with Gasteiger partial charge in [-0.05, 0) is 50.5 Å². The van der Waals surface area contributed by atoms with Crippen LogP contribution in [0.15, 0.2) is 18.3 Å². The first-order chi connectivity index (χ1) is 13.2. The molecule has 2 aromatic rings. The van der Waals surface area contributed by atoms with E-state index in [2.05, 4.69) is 43.4 Å². The van der Waals surface area contributed by atoms with Crippen molar-refractivity contribution in [3.8, 4) is 0 Å². The van der Waals surface area contributed by atoms with Crippen molar-refractivity contribution in [1.82, 2.24) is 25.1 Å². The van der Waals surface area contributed by atoms with Crippen LogP contribution in [-0.4, -0.2) is 57.8 Å². The van der Waals surface area contributed by atoms with Crippen molar-refractivity contribution in [3.05, 3.63) is 24.0 Å². The summed E-state index contributed by atoms with van der Waals surface area (Å²) in [5.41, 5.74) is 1.22. The molecule has 2 aliphatic carbocycles. The van der Waals surface area contributed by atoms with Crippen LogP contribution in [0.25, 0.3) is 0 Å². The molecule has 0 spiro atoms. The molecule has 3 heterocycles. The number of nitrogens with zero attached hydrogens (tertiary/aromatic N) is 5. The number of anilines is 3. The molecule has 2 aromatic heterocycles. The van der Waals surface area contributed by atoms with Gasteiger partial charge in [0, 0.05) is 56.6 Å². The van der Waals surface area contributed by atoms with Crippen molar-refractivity contribution in [2.24, 2.45) is 5.92 Å². The lowest BCUT2D eigenvalue weighted by Gasteiger charge is -2.36. The van der Waals surface area contributed by atoms with Gasteiger partial charge in [0.1, 0.15) is 5.82 Å². The highest BCUT2D eigenvalue weighted by molar-refractivity contribution is 5.53. The summed E-state index contributed by atoms with van der Waals surface area (Å²) in [5, 5.41) is 10.8. The molecule has 0 amide bonds. The topological polar surface area (TPSA) is 73.0 Å². The van der Waals surface area contributed by atoms with Crippen LogP contribution in [0.4, 0.5) is 17.6 Å². The lowest BCUT2D eigenvalue weighted by atomic mass is 10.0. The van der Waals surface area contributed by atoms with Crippen LogP contribution >= 0.6 is 0 Å². The molecular weight excluding hydrogens is 338 g/mol. The van der Waals surface area contributed by atoms with E-state index in [4.69, 9.17) is 4.98 Å². The van der Waals surface area contributed by atoms with Crippen molar-refractivity contribution in [2.45, 2.75) is 50.5 Å². The van der Waals surface area contributed by atoms with Crippen LogP contribution in [0, 0.1) is 5.92 Å². The number of nitrogens with one attached hydrogen (secondary N) is 2. The third kappa shape index (κ3) is 4.08. The smallest absolute Gasteiger partial charge is 0.227 e. The molecule has 0 atom stereocenters. The first-order valence-corrected chi connectivity index (χ1v) is 10.3. The number of rotatable bonds is 7. The van der Waals surface area contributed by atoms with Gasteiger partial charge in [-0.1, -0.05) is 0 Å². The summed E-state index contributed by atoms with van der Waals surface area (Å²) in [4.78, 5) is 14.1. The summed E-state index contributed by atoms with van der Waals surface area (Å²) < 4.78 is 0. The maximum atomic E-state index is 4.73. The molecule has 3 fully saturated rings. The average Bonchev–Trinajstić information content (AvgIpc) is 3.63. The summed E-state index contributed by atoms with van der Waals surface area (Å²) in [5.74, 6) is 4.07. The molecule has 27 heavy (non-hydrogen) atoms. The first-order valence-electron chi connectivity index (χ1n) is 10.3. The van der Waals surface area contributed by atoms with Crippen molar-refractivity contribution >= 4 is 17.6 Å². The quantitative estimate of drug-likeness (QED) is 0.783. The molecule has 7 heteroatoms. The Morgan fingerprint density at radius 1 is 1.15 bits per heavy atom. The standard InChI is InChI=1S/C20H29N7/c1-26(16-7-10-27(11-8-16)13-14-2-3-14)20-21-9-6-18(23-20)22-19-12-17(24-25-19)15-4-5-15/h6,9,12,14-16H,2-5,7-8,10-11,13H2,1H3,(H2,21,22,23,24,25). The summed E-state index contributed by atoms with van der Waals surface area (Å²) in [6.45, 7) is 3.69. The Kier molecular flexibility index (Phi) is 4.47. The molecular formula is C20H29N7. The van der Waals surface area contributed by atoms with E-state index in [0.717, 1.165) is 23.5 Å². The fourth-order valence-electron chi connectivity index (χ4n) is 4.04. The highest BCUT2D eigenvalue weighted by Gasteiger charge is 2.29. The molecule has 144 valence electrons. The predicted molar refractivity (Wildman–Crippen MR) is 106 cm³/mol. The second-order valence-corrected chi connectivity index (χ2v) is 8.44. The van der Waals surface area contributed by atoms with Gasteiger partial charge in [0.25, 0.3) is 0 Å². The number of H-pyrrole nitrogens is 1. The fourth-order valence-corrected chi connectivity index (χ4v) is 4.04. The Hall–Kier alpha value is -2.15. The van der Waals surface area contributed by atoms with Gasteiger partial charge in [0.2, 0.25) is 5.95 Å². The van der Waals surface area contributed by atoms with E-state index in [1.54, 1.807) is 0 Å². The zero-order valence-electron chi connectivity index (χ0n) is 16.1. The summed E-state index contributed by atoms with van der Waals surface area (Å²) in [6, 6.07) is 4.52. The molecule has 1 aliphatic heterocycles. The van der Waals surface area contributed by atoms with Crippen molar-refractivity contribution in [2.75, 3.05) is 36.9 Å². The number of piperidine rings is 1. The summed E-state index contributed by atoms with van der Waals surface area (Å²) in [7, 11) is 2.13. The minimum Gasteiger partial charge on any atom is -0.341 e. The van der Waals surface area contributed by atoms with Crippen molar-refractivity contribution < 1.29 is 0 Å². The van der Waals surface area contributed by atoms with Gasteiger partial charge in [-0.15, -0.1) is 0 Å². The highest BCUT2D eigenvalue weighted by atomic mass is 15.3. The van der Waals surface area contributed by atoms with Gasteiger partial charge < -0.3 is 15.1 Å². The second kappa shape index (κ2) is 7.11. The first kappa shape index (κ1) is 17.0. The highest BCUT2D eigenvalue weighted by Crippen LogP contribution is 2.39. The van der Waals surface area contributed by atoms with E-state index in [1.807, 2.05) is 12.3 Å². The number of aromatic amines is 1. The van der Waals surface area contributed by atoms with E-state index < -0.39 is 0 Å². The van der Waals surface area contributed by atoms with E-state index in [1.165, 1.54) is 63.9 Å². The largest absolute Gasteiger partial charge is 0.341 e. The van der Waals surface area contributed by atoms with E-state index >= 15 is 0 Å². The summed E-state index contributed by atoms with van der Waals surface area (Å²) >= 11 is 0. The van der Waals surface area contributed by atoms with Gasteiger partial charge in [0.05, 0.1) is 0 Å². The molecule has 3 aliphatic rings. The molecule has 2 N–H and O–H groups in total. The molecule has 2 saturated carbocycles. The normalized spacial score (nSPS) is 21.4. The van der Waals surface area contributed by atoms with Gasteiger partial charge in [0.15, 0.2) is 5.82 Å². The monoisotopic (exact) mass is 367 g/mol. The lowest BCUT2D eigenvalue weighted by molar-refractivity contribution is 0.203. The number of aromatic nitrogens is 4. The molecule has 7 nitrogen and oxygen atoms in total. The van der Waals surface area contributed by atoms with Gasteiger partial charge in [-0.25, -0.2) is 4.98 Å². The Bertz CT molecular complexity index is 772. The van der Waals surface area contributed by atoms with E-state index in [-0.39, 0.29) is 0 Å². The third-order valence-corrected chi connectivity index (χ3v) is 6.15. The van der Waals surface area contributed by atoms with E-state index in [0.29, 0.717) is 12.0 Å². The molecule has 0 aromatic carbocycles. The number of likely N-dealkylation sites (tertiary alicyclic amines) is 1. The minimum absolute atomic E-state index is 0.516. The zero-order chi connectivity index (χ0) is 18.2. The molecule has 0 radical (unpaired) electrons. The number of hydrogen-bond acceptors (Lipinski definition) is 6. The van der Waals surface area contributed by atoms with Crippen LogP contribution in [0.3, 0.4) is 0 Å². The van der Waals surface area contributed by atoms with Crippen LogP contribution in [0.1, 0.15) is 50.1 Å². The van der Waals surface area contributed by atoms with Crippen LogP contribution in [0.5, 0.6) is 0 Å². The maximum Gasteiger partial charge on any atom is 0.227 e. The Morgan fingerprint density at radius 3 is 2.70 bits per heavy atom. The zero-order valence-corrected chi connectivity index (χ0v) is 16.1. The van der Waals surface area contributed by atoms with Crippen LogP contribution in [0.2, 0.25) is 0 Å². The Morgan fingerprint density at radius 2 is 1.96 bits per heavy atom. The minimum atomic E-state index is 0.516. The molecule has 1 saturated heterocycles. The maximum absolute atomic E-state index is 4.73. The van der Waals surface area contributed by atoms with Crippen LogP contribution in [-0.2, 0) is 0 Å². The molecule has 5 rings (SSSR count). The van der Waals surface area contributed by atoms with Gasteiger partial charge >= 0.3 is 0 Å². The lowest BCUT2D eigenvalue weighted by Crippen LogP contribution is -2.44. The van der Waals surface area contributed by atoms with Crippen LogP contribution < -0.4 is 10.2 Å². The third-order valence-electron chi connectivity index (χ3n) is 6.15. The second-order valence-electron chi connectivity index (χ2n) is 8.44. The van der Waals surface area contributed by atoms with Crippen molar-refractivity contribution in [3.63, 3.8) is 0 Å². The van der Waals surface area contributed by atoms with E-state index in [9.17, 15) is 0 Å². The Balaban J connectivity index is 1.20. The van der Waals surface area contributed by atoms with Crippen molar-refractivity contribution in [1.29, 1.82) is 0 Å². The predicted octanol–water partition coefficient (Wildman–Crippen LogP) is 3.13. The SMILES string of the molecule is CN(c1nccc(Nc2cc(C3CC3)[nH]n2)n1)C1CCN(CC2CC2)CC1. The fraction of sp³-hybridized carbons (Fsp3) is 0.650. The summed E-state index contributed by atoms with van der Waals surface area (Å²) in [6.07, 6.45) is 9.62. The molecule has 0 unspecified atom stereocenters. The average molecular weight is 368 g/mol. The number of hydrogen-bond donors (Lipinski definition) is 2. The van der Waals surface area contributed by atoms with Gasteiger partial charge in [-0.2, -0.15) is 10.1 Å².